The molecule has 0 atom stereocenters. The molecule has 0 saturated heterocycles. The van der Waals surface area contributed by atoms with Crippen LogP contribution >= 0.6 is 23.2 Å². The van der Waals surface area contributed by atoms with Crippen LogP contribution in [0.3, 0.4) is 0 Å². The second-order valence-electron chi connectivity index (χ2n) is 4.64. The summed E-state index contributed by atoms with van der Waals surface area (Å²) in [5.41, 5.74) is 0.498. The summed E-state index contributed by atoms with van der Waals surface area (Å²) >= 11 is 12.0. The van der Waals surface area contributed by atoms with Crippen LogP contribution in [-0.2, 0) is 6.61 Å². The van der Waals surface area contributed by atoms with Crippen molar-refractivity contribution in [2.45, 2.75) is 6.61 Å². The Morgan fingerprint density at radius 3 is 2.62 bits per heavy atom. The van der Waals surface area contributed by atoms with Gasteiger partial charge >= 0.3 is 0 Å². The number of nitro benzene ring substituents is 1. The lowest BCUT2D eigenvalue weighted by Crippen LogP contribution is -1.97. The molecule has 2 aromatic carbocycles. The highest BCUT2D eigenvalue weighted by molar-refractivity contribution is 6.33. The number of hydrogen-bond donors (Lipinski definition) is 0. The molecular formula is C15H9Cl2N3O4. The van der Waals surface area contributed by atoms with Crippen LogP contribution in [0.4, 0.5) is 5.69 Å². The van der Waals surface area contributed by atoms with Gasteiger partial charge in [-0.25, -0.2) is 0 Å². The summed E-state index contributed by atoms with van der Waals surface area (Å²) in [6.07, 6.45) is 0. The molecule has 0 aliphatic heterocycles. The van der Waals surface area contributed by atoms with E-state index in [1.165, 1.54) is 18.2 Å². The molecule has 9 heteroatoms. The Bertz CT molecular complexity index is 898. The monoisotopic (exact) mass is 365 g/mol. The van der Waals surface area contributed by atoms with E-state index in [-0.39, 0.29) is 34.8 Å². The molecule has 122 valence electrons. The number of aromatic nitrogens is 2. The highest BCUT2D eigenvalue weighted by Crippen LogP contribution is 2.30. The third kappa shape index (κ3) is 3.47. The van der Waals surface area contributed by atoms with Crippen LogP contribution in [0.2, 0.25) is 10.0 Å². The lowest BCUT2D eigenvalue weighted by molar-refractivity contribution is -0.384. The normalized spacial score (nSPS) is 10.6. The molecule has 0 spiro atoms. The van der Waals surface area contributed by atoms with Gasteiger partial charge in [0.1, 0.15) is 5.75 Å². The Morgan fingerprint density at radius 2 is 1.92 bits per heavy atom. The average molecular weight is 366 g/mol. The number of non-ortho nitro benzene ring substituents is 1. The van der Waals surface area contributed by atoms with Gasteiger partial charge < -0.3 is 9.15 Å². The molecule has 0 saturated carbocycles. The summed E-state index contributed by atoms with van der Waals surface area (Å²) in [5, 5.41) is 19.1. The lowest BCUT2D eigenvalue weighted by atomic mass is 10.2. The van der Waals surface area contributed by atoms with Crippen LogP contribution in [0, 0.1) is 10.1 Å². The number of nitro groups is 1. The van der Waals surface area contributed by atoms with Gasteiger partial charge in [-0.3, -0.25) is 10.1 Å². The van der Waals surface area contributed by atoms with Crippen LogP contribution in [0.25, 0.3) is 11.5 Å². The fraction of sp³-hybridized carbons (Fsp3) is 0.0667. The van der Waals surface area contributed by atoms with Crippen molar-refractivity contribution in [1.29, 1.82) is 0 Å². The van der Waals surface area contributed by atoms with E-state index in [2.05, 4.69) is 10.2 Å². The van der Waals surface area contributed by atoms with Crippen LogP contribution in [0.1, 0.15) is 5.89 Å². The fourth-order valence-electron chi connectivity index (χ4n) is 1.92. The van der Waals surface area contributed by atoms with E-state index in [0.29, 0.717) is 10.6 Å². The smallest absolute Gasteiger partial charge is 0.271 e. The highest BCUT2D eigenvalue weighted by Gasteiger charge is 2.14. The number of halogens is 2. The van der Waals surface area contributed by atoms with Gasteiger partial charge in [0.15, 0.2) is 6.61 Å². The second kappa shape index (κ2) is 6.86. The maximum atomic E-state index is 10.7. The molecule has 0 aliphatic carbocycles. The number of ether oxygens (including phenoxy) is 1. The Balaban J connectivity index is 1.72. The zero-order chi connectivity index (χ0) is 17.1. The summed E-state index contributed by atoms with van der Waals surface area (Å²) < 4.78 is 10.9. The number of benzene rings is 2. The minimum atomic E-state index is -0.538. The van der Waals surface area contributed by atoms with E-state index < -0.39 is 4.92 Å². The first-order chi connectivity index (χ1) is 11.5. The van der Waals surface area contributed by atoms with Crippen molar-refractivity contribution < 1.29 is 14.1 Å². The molecule has 3 aromatic rings. The first kappa shape index (κ1) is 16.2. The van der Waals surface area contributed by atoms with Crippen LogP contribution in [-0.4, -0.2) is 15.1 Å². The minimum Gasteiger partial charge on any atom is -0.482 e. The Labute approximate surface area is 145 Å². The summed E-state index contributed by atoms with van der Waals surface area (Å²) in [4.78, 5) is 10.1. The molecule has 0 N–H and O–H groups in total. The summed E-state index contributed by atoms with van der Waals surface area (Å²) in [6, 6.07) is 11.0. The predicted molar refractivity (Wildman–Crippen MR) is 87.2 cm³/mol. The molecule has 0 radical (unpaired) electrons. The topological polar surface area (TPSA) is 91.3 Å². The quantitative estimate of drug-likeness (QED) is 0.487. The minimum absolute atomic E-state index is 0.0328. The second-order valence-corrected chi connectivity index (χ2v) is 5.46. The Kier molecular flexibility index (Phi) is 4.64. The molecular weight excluding hydrogens is 357 g/mol. The SMILES string of the molecule is O=[N+]([O-])c1ccc(OCc2nnc(-c3ccccc3Cl)o2)c(Cl)c1. The lowest BCUT2D eigenvalue weighted by Gasteiger charge is -2.05. The van der Waals surface area contributed by atoms with E-state index in [9.17, 15) is 10.1 Å². The summed E-state index contributed by atoms with van der Waals surface area (Å²) in [6.45, 7) is -0.0328. The van der Waals surface area contributed by atoms with Gasteiger partial charge in [0.2, 0.25) is 5.89 Å². The molecule has 0 bridgehead atoms. The van der Waals surface area contributed by atoms with Crippen molar-refractivity contribution in [3.63, 3.8) is 0 Å². The van der Waals surface area contributed by atoms with E-state index in [1.54, 1.807) is 24.3 Å². The Hall–Kier alpha value is -2.64. The number of nitrogens with zero attached hydrogens (tertiary/aromatic N) is 3. The highest BCUT2D eigenvalue weighted by atomic mass is 35.5. The van der Waals surface area contributed by atoms with Gasteiger partial charge in [-0.2, -0.15) is 0 Å². The maximum absolute atomic E-state index is 10.7. The summed E-state index contributed by atoms with van der Waals surface area (Å²) in [5.74, 6) is 0.771. The van der Waals surface area contributed by atoms with Gasteiger partial charge in [-0.1, -0.05) is 35.3 Å². The maximum Gasteiger partial charge on any atom is 0.271 e. The standard InChI is InChI=1S/C15H9Cl2N3O4/c16-11-4-2-1-3-10(11)15-19-18-14(24-15)8-23-13-6-5-9(20(21)22)7-12(13)17/h1-7H,8H2. The van der Waals surface area contributed by atoms with Crippen molar-refractivity contribution >= 4 is 28.9 Å². The van der Waals surface area contributed by atoms with Gasteiger partial charge in [0, 0.05) is 12.1 Å². The average Bonchev–Trinajstić information content (AvgIpc) is 3.02. The van der Waals surface area contributed by atoms with Gasteiger partial charge in [0.05, 0.1) is 20.5 Å². The zero-order valence-corrected chi connectivity index (χ0v) is 13.5. The third-order valence-electron chi connectivity index (χ3n) is 3.05. The molecule has 0 aliphatic rings. The van der Waals surface area contributed by atoms with Gasteiger partial charge in [-0.15, -0.1) is 10.2 Å². The van der Waals surface area contributed by atoms with E-state index >= 15 is 0 Å². The van der Waals surface area contributed by atoms with Gasteiger partial charge in [-0.05, 0) is 18.2 Å². The molecule has 0 amide bonds. The third-order valence-corrected chi connectivity index (χ3v) is 3.67. The van der Waals surface area contributed by atoms with Crippen molar-refractivity contribution in [2.75, 3.05) is 0 Å². The largest absolute Gasteiger partial charge is 0.482 e. The van der Waals surface area contributed by atoms with Crippen molar-refractivity contribution in [3.8, 4) is 17.2 Å². The van der Waals surface area contributed by atoms with Crippen LogP contribution in [0.15, 0.2) is 46.9 Å². The number of hydrogen-bond acceptors (Lipinski definition) is 6. The fourth-order valence-corrected chi connectivity index (χ4v) is 2.36. The zero-order valence-electron chi connectivity index (χ0n) is 12.0. The Morgan fingerprint density at radius 1 is 1.12 bits per heavy atom. The van der Waals surface area contributed by atoms with Crippen molar-refractivity contribution in [2.24, 2.45) is 0 Å². The van der Waals surface area contributed by atoms with E-state index in [0.717, 1.165) is 0 Å². The molecule has 1 aromatic heterocycles. The van der Waals surface area contributed by atoms with E-state index in [4.69, 9.17) is 32.4 Å². The molecule has 0 fully saturated rings. The predicted octanol–water partition coefficient (Wildman–Crippen LogP) is 4.53. The molecule has 1 heterocycles. The molecule has 24 heavy (non-hydrogen) atoms. The molecule has 7 nitrogen and oxygen atoms in total. The van der Waals surface area contributed by atoms with Gasteiger partial charge in [0.25, 0.3) is 11.6 Å². The number of rotatable bonds is 5. The van der Waals surface area contributed by atoms with Crippen LogP contribution in [0.5, 0.6) is 5.75 Å². The summed E-state index contributed by atoms with van der Waals surface area (Å²) in [7, 11) is 0. The van der Waals surface area contributed by atoms with Crippen LogP contribution < -0.4 is 4.74 Å². The molecule has 0 unspecified atom stereocenters. The molecule has 3 rings (SSSR count). The van der Waals surface area contributed by atoms with Crippen molar-refractivity contribution in [1.82, 2.24) is 10.2 Å². The first-order valence-electron chi connectivity index (χ1n) is 6.68. The van der Waals surface area contributed by atoms with E-state index in [1.807, 2.05) is 0 Å². The first-order valence-corrected chi connectivity index (χ1v) is 7.44. The van der Waals surface area contributed by atoms with Crippen molar-refractivity contribution in [3.05, 3.63) is 68.5 Å².